The van der Waals surface area contributed by atoms with Crippen molar-refractivity contribution in [2.45, 2.75) is 33.3 Å². The van der Waals surface area contributed by atoms with E-state index < -0.39 is 11.6 Å². The smallest absolute Gasteiger partial charge is 0.149 e. The minimum Gasteiger partial charge on any atom is -0.488 e. The zero-order valence-corrected chi connectivity index (χ0v) is 12.6. The largest absolute Gasteiger partial charge is 0.488 e. The van der Waals surface area contributed by atoms with Gasteiger partial charge in [-0.1, -0.05) is 0 Å². The quantitative estimate of drug-likeness (QED) is 0.839. The number of anilines is 2. The van der Waals surface area contributed by atoms with E-state index in [1.165, 1.54) is 12.1 Å². The molecule has 0 aliphatic heterocycles. The molecular weight excluding hydrogens is 272 g/mol. The van der Waals surface area contributed by atoms with E-state index in [2.05, 4.69) is 5.32 Å². The molecule has 0 spiro atoms. The maximum Gasteiger partial charge on any atom is 0.149 e. The van der Waals surface area contributed by atoms with Crippen molar-refractivity contribution in [2.24, 2.45) is 0 Å². The first-order valence-corrected chi connectivity index (χ1v) is 6.76. The second-order valence-electron chi connectivity index (χ2n) is 5.94. The molecule has 1 N–H and O–H groups in total. The lowest BCUT2D eigenvalue weighted by atomic mass is 10.1. The van der Waals surface area contributed by atoms with Gasteiger partial charge in [-0.3, -0.25) is 0 Å². The van der Waals surface area contributed by atoms with Crippen LogP contribution in [-0.2, 0) is 0 Å². The van der Waals surface area contributed by atoms with Crippen LogP contribution in [0.15, 0.2) is 36.4 Å². The highest BCUT2D eigenvalue weighted by Gasteiger charge is 2.13. The van der Waals surface area contributed by atoms with Gasteiger partial charge in [-0.2, -0.15) is 0 Å². The number of hydrogen-bond acceptors (Lipinski definition) is 2. The molecule has 0 bridgehead atoms. The van der Waals surface area contributed by atoms with Crippen molar-refractivity contribution in [3.63, 3.8) is 0 Å². The Bertz CT molecular complexity index is 648. The van der Waals surface area contributed by atoms with Gasteiger partial charge in [-0.25, -0.2) is 8.78 Å². The van der Waals surface area contributed by atoms with E-state index in [0.717, 1.165) is 23.1 Å². The first kappa shape index (κ1) is 15.3. The van der Waals surface area contributed by atoms with Gasteiger partial charge in [-0.15, -0.1) is 0 Å². The maximum absolute atomic E-state index is 13.6. The SMILES string of the molecule is Cc1cc(OC(C)(C)C)ccc1Nc1ccc(F)cc1F. The Morgan fingerprint density at radius 3 is 2.19 bits per heavy atom. The Hall–Kier alpha value is -2.10. The van der Waals surface area contributed by atoms with Gasteiger partial charge in [0.2, 0.25) is 0 Å². The van der Waals surface area contributed by atoms with Crippen molar-refractivity contribution in [1.29, 1.82) is 0 Å². The molecular formula is C17H19F2NO. The molecule has 2 nitrogen and oxygen atoms in total. The Morgan fingerprint density at radius 1 is 0.952 bits per heavy atom. The van der Waals surface area contributed by atoms with Crippen LogP contribution in [0.25, 0.3) is 0 Å². The van der Waals surface area contributed by atoms with Gasteiger partial charge < -0.3 is 10.1 Å². The number of nitrogens with one attached hydrogen (secondary N) is 1. The number of benzene rings is 2. The molecule has 2 aromatic rings. The van der Waals surface area contributed by atoms with E-state index in [4.69, 9.17) is 4.74 Å². The predicted octanol–water partition coefficient (Wildman–Crippen LogP) is 5.19. The molecule has 0 radical (unpaired) electrons. The average Bonchev–Trinajstić information content (AvgIpc) is 2.33. The summed E-state index contributed by atoms with van der Waals surface area (Å²) >= 11 is 0. The average molecular weight is 291 g/mol. The van der Waals surface area contributed by atoms with Gasteiger partial charge in [0.25, 0.3) is 0 Å². The number of halogens is 2. The molecule has 0 saturated heterocycles. The van der Waals surface area contributed by atoms with Crippen LogP contribution in [0.2, 0.25) is 0 Å². The molecule has 112 valence electrons. The molecule has 2 rings (SSSR count). The van der Waals surface area contributed by atoms with Crippen molar-refractivity contribution in [3.8, 4) is 5.75 Å². The molecule has 0 aliphatic carbocycles. The highest BCUT2D eigenvalue weighted by atomic mass is 19.1. The van der Waals surface area contributed by atoms with Crippen LogP contribution in [0.1, 0.15) is 26.3 Å². The summed E-state index contributed by atoms with van der Waals surface area (Å²) in [5, 5.41) is 2.96. The summed E-state index contributed by atoms with van der Waals surface area (Å²) in [6.07, 6.45) is 0. The lowest BCUT2D eigenvalue weighted by Crippen LogP contribution is -2.22. The Morgan fingerprint density at radius 2 is 1.62 bits per heavy atom. The van der Waals surface area contributed by atoms with Crippen molar-refractivity contribution in [3.05, 3.63) is 53.6 Å². The van der Waals surface area contributed by atoms with Crippen LogP contribution < -0.4 is 10.1 Å². The zero-order chi connectivity index (χ0) is 15.6. The lowest BCUT2D eigenvalue weighted by Gasteiger charge is -2.22. The summed E-state index contributed by atoms with van der Waals surface area (Å²) in [5.41, 5.74) is 1.64. The van der Waals surface area contributed by atoms with E-state index in [0.29, 0.717) is 0 Å². The molecule has 0 fully saturated rings. The van der Waals surface area contributed by atoms with E-state index in [1.807, 2.05) is 45.9 Å². The van der Waals surface area contributed by atoms with Gasteiger partial charge in [0.1, 0.15) is 23.0 Å². The zero-order valence-electron chi connectivity index (χ0n) is 12.6. The fourth-order valence-corrected chi connectivity index (χ4v) is 1.93. The predicted molar refractivity (Wildman–Crippen MR) is 81.2 cm³/mol. The van der Waals surface area contributed by atoms with Crippen LogP contribution in [0.5, 0.6) is 5.75 Å². The number of ether oxygens (including phenoxy) is 1. The number of aryl methyl sites for hydroxylation is 1. The molecule has 0 saturated carbocycles. The van der Waals surface area contributed by atoms with E-state index in [-0.39, 0.29) is 11.3 Å². The third-order valence-electron chi connectivity index (χ3n) is 2.82. The van der Waals surface area contributed by atoms with Gasteiger partial charge >= 0.3 is 0 Å². The first-order valence-electron chi connectivity index (χ1n) is 6.76. The van der Waals surface area contributed by atoms with Crippen molar-refractivity contribution in [1.82, 2.24) is 0 Å². The first-order chi connectivity index (χ1) is 9.74. The van der Waals surface area contributed by atoms with Gasteiger partial charge in [-0.05, 0) is 63.6 Å². The number of hydrogen-bond donors (Lipinski definition) is 1. The van der Waals surface area contributed by atoms with Crippen LogP contribution >= 0.6 is 0 Å². The lowest BCUT2D eigenvalue weighted by molar-refractivity contribution is 0.131. The van der Waals surface area contributed by atoms with Crippen molar-refractivity contribution >= 4 is 11.4 Å². The monoisotopic (exact) mass is 291 g/mol. The van der Waals surface area contributed by atoms with Crippen molar-refractivity contribution in [2.75, 3.05) is 5.32 Å². The van der Waals surface area contributed by atoms with Crippen LogP contribution in [-0.4, -0.2) is 5.60 Å². The van der Waals surface area contributed by atoms with E-state index in [9.17, 15) is 8.78 Å². The van der Waals surface area contributed by atoms with Crippen LogP contribution in [0.4, 0.5) is 20.2 Å². The van der Waals surface area contributed by atoms with Crippen LogP contribution in [0, 0.1) is 18.6 Å². The highest BCUT2D eigenvalue weighted by molar-refractivity contribution is 5.64. The third kappa shape index (κ3) is 4.18. The summed E-state index contributed by atoms with van der Waals surface area (Å²) in [6, 6.07) is 8.98. The molecule has 21 heavy (non-hydrogen) atoms. The minimum absolute atomic E-state index is 0.240. The van der Waals surface area contributed by atoms with Gasteiger partial charge in [0.05, 0.1) is 5.69 Å². The van der Waals surface area contributed by atoms with Crippen LogP contribution in [0.3, 0.4) is 0 Å². The summed E-state index contributed by atoms with van der Waals surface area (Å²) < 4.78 is 32.3. The van der Waals surface area contributed by atoms with Crippen molar-refractivity contribution < 1.29 is 13.5 Å². The maximum atomic E-state index is 13.6. The minimum atomic E-state index is -0.621. The topological polar surface area (TPSA) is 21.3 Å². The Labute approximate surface area is 123 Å². The summed E-state index contributed by atoms with van der Waals surface area (Å²) in [7, 11) is 0. The summed E-state index contributed by atoms with van der Waals surface area (Å²) in [5.74, 6) is -0.460. The molecule has 4 heteroatoms. The third-order valence-corrected chi connectivity index (χ3v) is 2.82. The fraction of sp³-hybridized carbons (Fsp3) is 0.294. The molecule has 0 unspecified atom stereocenters. The molecule has 0 atom stereocenters. The fourth-order valence-electron chi connectivity index (χ4n) is 1.93. The summed E-state index contributed by atoms with van der Waals surface area (Å²) in [6.45, 7) is 7.83. The van der Waals surface area contributed by atoms with Gasteiger partial charge in [0, 0.05) is 11.8 Å². The highest BCUT2D eigenvalue weighted by Crippen LogP contribution is 2.28. The molecule has 2 aromatic carbocycles. The molecule has 0 amide bonds. The second-order valence-corrected chi connectivity index (χ2v) is 5.94. The Balaban J connectivity index is 2.21. The summed E-state index contributed by atoms with van der Waals surface area (Å²) in [4.78, 5) is 0. The molecule has 0 heterocycles. The Kier molecular flexibility index (Phi) is 4.16. The number of rotatable bonds is 3. The van der Waals surface area contributed by atoms with E-state index >= 15 is 0 Å². The normalized spacial score (nSPS) is 11.3. The second kappa shape index (κ2) is 5.72. The molecule has 0 aliphatic rings. The van der Waals surface area contributed by atoms with Gasteiger partial charge in [0.15, 0.2) is 0 Å². The molecule has 0 aromatic heterocycles. The standard InChI is InChI=1S/C17H19F2NO/c1-11-9-13(21-17(2,3)4)6-8-15(11)20-16-7-5-12(18)10-14(16)19/h5-10,20H,1-4H3. The van der Waals surface area contributed by atoms with E-state index in [1.54, 1.807) is 0 Å².